The van der Waals surface area contributed by atoms with Crippen LogP contribution in [0, 0.1) is 10.1 Å². The monoisotopic (exact) mass is 279 g/mol. The fraction of sp³-hybridized carbons (Fsp3) is 0.462. The Morgan fingerprint density at radius 1 is 1.45 bits per heavy atom. The first kappa shape index (κ1) is 14.3. The maximum absolute atomic E-state index is 11.8. The van der Waals surface area contributed by atoms with Crippen LogP contribution in [-0.4, -0.2) is 42.0 Å². The van der Waals surface area contributed by atoms with Gasteiger partial charge in [-0.15, -0.1) is 0 Å². The van der Waals surface area contributed by atoms with E-state index in [2.05, 4.69) is 0 Å². The molecule has 0 heterocycles. The lowest BCUT2D eigenvalue weighted by atomic mass is 9.90. The first-order valence-corrected chi connectivity index (χ1v) is 6.31. The Kier molecular flexibility index (Phi) is 3.89. The summed E-state index contributed by atoms with van der Waals surface area (Å²) in [6, 6.07) is 4.35. The van der Waals surface area contributed by atoms with Crippen LogP contribution in [-0.2, 0) is 0 Å². The third kappa shape index (κ3) is 2.88. The minimum Gasteiger partial charge on any atom is -0.483 e. The van der Waals surface area contributed by atoms with Gasteiger partial charge in [0.25, 0.3) is 5.91 Å². The lowest BCUT2D eigenvalue weighted by Gasteiger charge is -2.32. The quantitative estimate of drug-likeness (QED) is 0.658. The van der Waals surface area contributed by atoms with Gasteiger partial charge in [-0.05, 0) is 25.0 Å². The van der Waals surface area contributed by atoms with E-state index < -0.39 is 4.92 Å². The van der Waals surface area contributed by atoms with Gasteiger partial charge in [0.05, 0.1) is 4.92 Å². The molecule has 7 nitrogen and oxygen atoms in total. The predicted molar refractivity (Wildman–Crippen MR) is 72.7 cm³/mol. The molecule has 1 aliphatic rings. The minimum atomic E-state index is -0.541. The smallest absolute Gasteiger partial charge is 0.311 e. The fourth-order valence-corrected chi connectivity index (χ4v) is 2.03. The number of amides is 1. The summed E-state index contributed by atoms with van der Waals surface area (Å²) in [5, 5.41) is 11.1. The number of nitro groups is 1. The van der Waals surface area contributed by atoms with Gasteiger partial charge < -0.3 is 15.4 Å². The molecule has 1 fully saturated rings. The summed E-state index contributed by atoms with van der Waals surface area (Å²) in [7, 11) is 3.18. The van der Waals surface area contributed by atoms with Gasteiger partial charge in [-0.1, -0.05) is 0 Å². The zero-order valence-corrected chi connectivity index (χ0v) is 11.4. The molecule has 20 heavy (non-hydrogen) atoms. The Hall–Kier alpha value is -2.15. The third-order valence-corrected chi connectivity index (χ3v) is 3.23. The van der Waals surface area contributed by atoms with E-state index in [1.54, 1.807) is 14.1 Å². The average Bonchev–Trinajstić information content (AvgIpc) is 2.36. The minimum absolute atomic E-state index is 0.0842. The number of ether oxygens (including phenoxy) is 1. The number of hydrogen-bond donors (Lipinski definition) is 1. The molecule has 1 aromatic carbocycles. The number of nitro benzene ring substituents is 1. The highest BCUT2D eigenvalue weighted by molar-refractivity contribution is 5.94. The molecular formula is C13H17N3O4. The first-order chi connectivity index (χ1) is 9.38. The highest BCUT2D eigenvalue weighted by atomic mass is 16.6. The molecule has 0 aliphatic heterocycles. The van der Waals surface area contributed by atoms with Crippen molar-refractivity contribution in [3.63, 3.8) is 0 Å². The molecule has 0 unspecified atom stereocenters. The second-order valence-corrected chi connectivity index (χ2v) is 5.11. The van der Waals surface area contributed by atoms with Crippen molar-refractivity contribution in [3.8, 4) is 5.75 Å². The van der Waals surface area contributed by atoms with E-state index in [4.69, 9.17) is 10.5 Å². The van der Waals surface area contributed by atoms with Crippen molar-refractivity contribution in [1.82, 2.24) is 4.90 Å². The highest BCUT2D eigenvalue weighted by Gasteiger charge is 2.30. The van der Waals surface area contributed by atoms with Gasteiger partial charge in [-0.3, -0.25) is 14.9 Å². The van der Waals surface area contributed by atoms with Crippen LogP contribution < -0.4 is 10.5 Å². The summed E-state index contributed by atoms with van der Waals surface area (Å²) >= 11 is 0. The van der Waals surface area contributed by atoms with Crippen molar-refractivity contribution in [2.45, 2.75) is 25.0 Å². The van der Waals surface area contributed by atoms with Crippen LogP contribution in [0.2, 0.25) is 0 Å². The summed E-state index contributed by atoms with van der Waals surface area (Å²) in [4.78, 5) is 23.7. The van der Waals surface area contributed by atoms with Crippen LogP contribution >= 0.6 is 0 Å². The van der Waals surface area contributed by atoms with Crippen molar-refractivity contribution in [2.75, 3.05) is 14.1 Å². The zero-order valence-electron chi connectivity index (χ0n) is 11.4. The molecule has 0 aromatic heterocycles. The maximum atomic E-state index is 11.8. The van der Waals surface area contributed by atoms with Gasteiger partial charge in [-0.25, -0.2) is 0 Å². The van der Waals surface area contributed by atoms with Crippen LogP contribution in [0.4, 0.5) is 5.69 Å². The number of hydrogen-bond acceptors (Lipinski definition) is 5. The normalized spacial score (nSPS) is 20.9. The average molecular weight is 279 g/mol. The predicted octanol–water partition coefficient (Wildman–Crippen LogP) is 1.17. The van der Waals surface area contributed by atoms with Crippen LogP contribution in [0.1, 0.15) is 23.2 Å². The summed E-state index contributed by atoms with van der Waals surface area (Å²) < 4.78 is 5.56. The molecule has 0 spiro atoms. The summed E-state index contributed by atoms with van der Waals surface area (Å²) in [5.74, 6) is -0.104. The molecule has 2 rings (SSSR count). The topological polar surface area (TPSA) is 98.7 Å². The largest absolute Gasteiger partial charge is 0.483 e. The van der Waals surface area contributed by atoms with E-state index in [9.17, 15) is 14.9 Å². The second kappa shape index (κ2) is 5.46. The van der Waals surface area contributed by atoms with E-state index in [0.29, 0.717) is 12.8 Å². The molecule has 1 amide bonds. The summed E-state index contributed by atoms with van der Waals surface area (Å²) in [6.45, 7) is 0. The van der Waals surface area contributed by atoms with Crippen molar-refractivity contribution in [2.24, 2.45) is 5.73 Å². The van der Waals surface area contributed by atoms with Crippen LogP contribution in [0.15, 0.2) is 18.2 Å². The van der Waals surface area contributed by atoms with Crippen LogP contribution in [0.3, 0.4) is 0 Å². The molecule has 0 saturated heterocycles. The third-order valence-electron chi connectivity index (χ3n) is 3.23. The maximum Gasteiger partial charge on any atom is 0.311 e. The Labute approximate surface area is 116 Å². The van der Waals surface area contributed by atoms with Crippen LogP contribution in [0.25, 0.3) is 0 Å². The Balaban J connectivity index is 2.24. The molecule has 1 saturated carbocycles. The van der Waals surface area contributed by atoms with E-state index in [-0.39, 0.29) is 35.1 Å². The lowest BCUT2D eigenvalue weighted by molar-refractivity contribution is -0.386. The molecule has 1 aromatic rings. The number of carbonyl (C=O) groups excluding carboxylic acids is 1. The fourth-order valence-electron chi connectivity index (χ4n) is 2.03. The second-order valence-electron chi connectivity index (χ2n) is 5.11. The number of nitrogens with two attached hydrogens (primary N) is 1. The molecule has 0 atom stereocenters. The highest BCUT2D eigenvalue weighted by Crippen LogP contribution is 2.32. The molecule has 7 heteroatoms. The van der Waals surface area contributed by atoms with Crippen molar-refractivity contribution in [1.29, 1.82) is 0 Å². The van der Waals surface area contributed by atoms with Crippen molar-refractivity contribution < 1.29 is 14.5 Å². The molecule has 0 bridgehead atoms. The zero-order chi connectivity index (χ0) is 14.9. The van der Waals surface area contributed by atoms with E-state index >= 15 is 0 Å². The lowest BCUT2D eigenvalue weighted by Crippen LogP contribution is -2.43. The van der Waals surface area contributed by atoms with Crippen LogP contribution in [0.5, 0.6) is 5.75 Å². The number of carbonyl (C=O) groups is 1. The molecule has 2 N–H and O–H groups in total. The number of rotatable bonds is 4. The van der Waals surface area contributed by atoms with Gasteiger partial charge in [0.1, 0.15) is 6.10 Å². The first-order valence-electron chi connectivity index (χ1n) is 6.31. The Morgan fingerprint density at radius 2 is 2.10 bits per heavy atom. The van der Waals surface area contributed by atoms with Gasteiger partial charge in [0.15, 0.2) is 5.75 Å². The van der Waals surface area contributed by atoms with E-state index in [1.807, 2.05) is 0 Å². The standard InChI is InChI=1S/C13H17N3O4/c1-15(2)13(17)8-3-4-12(11(5-8)16(18)19)20-10-6-9(14)7-10/h3-5,9-10H,6-7,14H2,1-2H3. The van der Waals surface area contributed by atoms with Crippen molar-refractivity contribution >= 4 is 11.6 Å². The van der Waals surface area contributed by atoms with Gasteiger partial charge in [0.2, 0.25) is 0 Å². The van der Waals surface area contributed by atoms with Gasteiger partial charge in [-0.2, -0.15) is 0 Å². The van der Waals surface area contributed by atoms with Gasteiger partial charge >= 0.3 is 5.69 Å². The van der Waals surface area contributed by atoms with Gasteiger partial charge in [0, 0.05) is 31.8 Å². The summed E-state index contributed by atoms with van der Waals surface area (Å²) in [6.07, 6.45) is 1.30. The SMILES string of the molecule is CN(C)C(=O)c1ccc(OC2CC(N)C2)c([N+](=O)[O-])c1. The molecule has 108 valence electrons. The van der Waals surface area contributed by atoms with Crippen molar-refractivity contribution in [3.05, 3.63) is 33.9 Å². The molecule has 0 radical (unpaired) electrons. The Bertz CT molecular complexity index is 538. The molecular weight excluding hydrogens is 262 g/mol. The molecule has 1 aliphatic carbocycles. The summed E-state index contributed by atoms with van der Waals surface area (Å²) in [5.41, 5.74) is 5.72. The van der Waals surface area contributed by atoms with E-state index in [1.165, 1.54) is 23.1 Å². The number of nitrogens with zero attached hydrogens (tertiary/aromatic N) is 2. The number of benzene rings is 1. The van der Waals surface area contributed by atoms with E-state index in [0.717, 1.165) is 0 Å². The Morgan fingerprint density at radius 3 is 2.60 bits per heavy atom.